The average Bonchev–Trinajstić information content (AvgIpc) is 2.61. The molecule has 12 heteroatoms. The Morgan fingerprint density at radius 1 is 1.37 bits per heavy atom. The van der Waals surface area contributed by atoms with Crippen molar-refractivity contribution < 1.29 is 18.0 Å². The lowest BCUT2D eigenvalue weighted by Gasteiger charge is -2.12. The molecule has 1 aromatic carbocycles. The quantitative estimate of drug-likeness (QED) is 0.192. The normalized spacial score (nSPS) is 11.6. The van der Waals surface area contributed by atoms with Gasteiger partial charge in [0.1, 0.15) is 10.8 Å². The molecule has 27 heavy (non-hydrogen) atoms. The minimum Gasteiger partial charge on any atom is -0.368 e. The number of anilines is 3. The zero-order valence-electron chi connectivity index (χ0n) is 14.0. The summed E-state index contributed by atoms with van der Waals surface area (Å²) < 4.78 is 38.2. The van der Waals surface area contributed by atoms with Gasteiger partial charge in [-0.3, -0.25) is 4.79 Å². The number of alkyl halides is 3. The smallest absolute Gasteiger partial charge is 0.368 e. The third-order valence-corrected chi connectivity index (χ3v) is 3.91. The van der Waals surface area contributed by atoms with Crippen LogP contribution in [0.1, 0.15) is 11.1 Å². The Morgan fingerprint density at radius 2 is 2.11 bits per heavy atom. The summed E-state index contributed by atoms with van der Waals surface area (Å²) in [5.74, 6) is 4.80. The number of hydrazone groups is 1. The molecule has 0 fully saturated rings. The second kappa shape index (κ2) is 8.58. The third kappa shape index (κ3) is 5.48. The average molecular weight is 399 g/mol. The molecule has 1 aromatic heterocycles. The van der Waals surface area contributed by atoms with E-state index in [2.05, 4.69) is 25.7 Å². The summed E-state index contributed by atoms with van der Waals surface area (Å²) in [6.45, 7) is -0.272. The van der Waals surface area contributed by atoms with Crippen LogP contribution in [0.3, 0.4) is 0 Å². The highest BCUT2D eigenvalue weighted by Crippen LogP contribution is 2.30. The summed E-state index contributed by atoms with van der Waals surface area (Å²) in [5, 5.41) is 9.06. The van der Waals surface area contributed by atoms with E-state index < -0.39 is 17.6 Å². The van der Waals surface area contributed by atoms with E-state index in [1.54, 1.807) is 6.26 Å². The fourth-order valence-electron chi connectivity index (χ4n) is 2.09. The van der Waals surface area contributed by atoms with Gasteiger partial charge in [0, 0.05) is 5.69 Å². The molecule has 2 rings (SSSR count). The number of carbonyl (C=O) groups is 1. The predicted molar refractivity (Wildman–Crippen MR) is 98.6 cm³/mol. The van der Waals surface area contributed by atoms with Crippen molar-refractivity contribution in [3.8, 4) is 0 Å². The molecule has 1 amide bonds. The summed E-state index contributed by atoms with van der Waals surface area (Å²) in [4.78, 5) is 20.1. The number of hydrogen-bond donors (Lipinski definition) is 4. The van der Waals surface area contributed by atoms with Crippen molar-refractivity contribution in [2.75, 3.05) is 29.2 Å². The van der Waals surface area contributed by atoms with Crippen molar-refractivity contribution in [1.29, 1.82) is 0 Å². The van der Waals surface area contributed by atoms with Crippen LogP contribution in [0.4, 0.5) is 30.6 Å². The number of nitrogens with one attached hydrogen (secondary N) is 2. The molecule has 8 nitrogen and oxygen atoms in total. The third-order valence-electron chi connectivity index (χ3n) is 3.22. The molecule has 0 atom stereocenters. The number of thioether (sulfide) groups is 1. The van der Waals surface area contributed by atoms with Gasteiger partial charge in [0.15, 0.2) is 0 Å². The van der Waals surface area contributed by atoms with Crippen molar-refractivity contribution >= 4 is 41.3 Å². The molecule has 0 saturated heterocycles. The summed E-state index contributed by atoms with van der Waals surface area (Å²) in [6.07, 6.45) is -1.43. The van der Waals surface area contributed by atoms with Gasteiger partial charge in [0.2, 0.25) is 11.9 Å². The number of carbonyl (C=O) groups excluding carboxylic acids is 1. The molecule has 144 valence electrons. The van der Waals surface area contributed by atoms with Crippen LogP contribution < -0.4 is 22.2 Å². The first-order chi connectivity index (χ1) is 12.7. The zero-order valence-corrected chi connectivity index (χ0v) is 14.9. The lowest BCUT2D eigenvalue weighted by Crippen LogP contribution is -2.23. The van der Waals surface area contributed by atoms with E-state index in [0.29, 0.717) is 10.6 Å². The van der Waals surface area contributed by atoms with Gasteiger partial charge < -0.3 is 22.2 Å². The molecule has 0 bridgehead atoms. The predicted octanol–water partition coefficient (Wildman–Crippen LogP) is 2.14. The molecule has 1 heterocycles. The maximum Gasteiger partial charge on any atom is 0.416 e. The zero-order chi connectivity index (χ0) is 20.0. The standard InChI is InChI=1S/C15H16F3N7OS/c1-27-13-10(6-22-20)12(24-14(19)25-13)21-7-11(26)23-9-4-2-3-8(5-9)15(16,17)18/h2-6H,7,20H2,1H3,(H,23,26)(H3,19,21,24,25)/b22-6+. The maximum absolute atomic E-state index is 12.7. The molecule has 2 aromatic rings. The van der Waals surface area contributed by atoms with Crippen LogP contribution in [0.2, 0.25) is 0 Å². The Kier molecular flexibility index (Phi) is 6.45. The summed E-state index contributed by atoms with van der Waals surface area (Å²) in [6, 6.07) is 4.32. The number of aromatic nitrogens is 2. The highest BCUT2D eigenvalue weighted by molar-refractivity contribution is 7.98. The fraction of sp³-hybridized carbons (Fsp3) is 0.200. The first kappa shape index (κ1) is 20.3. The number of nitrogen functional groups attached to an aromatic ring is 1. The van der Waals surface area contributed by atoms with Crippen LogP contribution >= 0.6 is 11.8 Å². The molecule has 0 spiro atoms. The Morgan fingerprint density at radius 3 is 2.74 bits per heavy atom. The largest absolute Gasteiger partial charge is 0.416 e. The van der Waals surface area contributed by atoms with Crippen molar-refractivity contribution in [3.05, 3.63) is 35.4 Å². The van der Waals surface area contributed by atoms with E-state index in [9.17, 15) is 18.0 Å². The number of rotatable bonds is 6. The van der Waals surface area contributed by atoms with Crippen molar-refractivity contribution in [2.45, 2.75) is 11.2 Å². The van der Waals surface area contributed by atoms with Crippen LogP contribution in [-0.2, 0) is 11.0 Å². The Balaban J connectivity index is 2.11. The topological polar surface area (TPSA) is 131 Å². The fourth-order valence-corrected chi connectivity index (χ4v) is 2.64. The van der Waals surface area contributed by atoms with E-state index in [-0.39, 0.29) is 24.0 Å². The van der Waals surface area contributed by atoms with Gasteiger partial charge in [-0.15, -0.1) is 11.8 Å². The summed E-state index contributed by atoms with van der Waals surface area (Å²) in [5.41, 5.74) is 5.23. The van der Waals surface area contributed by atoms with E-state index in [4.69, 9.17) is 11.6 Å². The molecule has 0 saturated carbocycles. The molecule has 0 aliphatic rings. The Labute approximate surface area is 156 Å². The van der Waals surface area contributed by atoms with Gasteiger partial charge in [-0.05, 0) is 24.5 Å². The van der Waals surface area contributed by atoms with Crippen LogP contribution in [0, 0.1) is 0 Å². The molecule has 0 unspecified atom stereocenters. The first-order valence-electron chi connectivity index (χ1n) is 7.40. The van der Waals surface area contributed by atoms with E-state index in [1.165, 1.54) is 30.1 Å². The second-order valence-corrected chi connectivity index (χ2v) is 5.91. The lowest BCUT2D eigenvalue weighted by molar-refractivity contribution is -0.137. The summed E-state index contributed by atoms with van der Waals surface area (Å²) in [7, 11) is 0. The second-order valence-electron chi connectivity index (χ2n) is 5.11. The van der Waals surface area contributed by atoms with E-state index in [1.807, 2.05) is 0 Å². The highest BCUT2D eigenvalue weighted by atomic mass is 32.2. The van der Waals surface area contributed by atoms with Crippen molar-refractivity contribution in [2.24, 2.45) is 10.9 Å². The Bertz CT molecular complexity index is 858. The van der Waals surface area contributed by atoms with Gasteiger partial charge in [-0.25, -0.2) is 4.98 Å². The monoisotopic (exact) mass is 399 g/mol. The van der Waals surface area contributed by atoms with Gasteiger partial charge in [-0.1, -0.05) is 6.07 Å². The highest BCUT2D eigenvalue weighted by Gasteiger charge is 2.30. The van der Waals surface area contributed by atoms with Gasteiger partial charge in [0.25, 0.3) is 0 Å². The molecular weight excluding hydrogens is 383 g/mol. The maximum atomic E-state index is 12.7. The van der Waals surface area contributed by atoms with Gasteiger partial charge in [0.05, 0.1) is 23.9 Å². The Hall–Kier alpha value is -3.02. The molecule has 0 radical (unpaired) electrons. The molecule has 0 aliphatic carbocycles. The molecule has 6 N–H and O–H groups in total. The number of nitrogens with zero attached hydrogens (tertiary/aromatic N) is 3. The SMILES string of the molecule is CSc1nc(N)nc(NCC(=O)Nc2cccc(C(F)(F)F)c2)c1/C=N/N. The number of amides is 1. The number of benzene rings is 1. The first-order valence-corrected chi connectivity index (χ1v) is 8.62. The van der Waals surface area contributed by atoms with Gasteiger partial charge >= 0.3 is 6.18 Å². The minimum atomic E-state index is -4.50. The number of nitrogens with two attached hydrogens (primary N) is 2. The van der Waals surface area contributed by atoms with Crippen LogP contribution in [0.5, 0.6) is 0 Å². The van der Waals surface area contributed by atoms with Crippen LogP contribution in [-0.4, -0.2) is 34.9 Å². The van der Waals surface area contributed by atoms with E-state index in [0.717, 1.165) is 12.1 Å². The lowest BCUT2D eigenvalue weighted by atomic mass is 10.2. The van der Waals surface area contributed by atoms with E-state index >= 15 is 0 Å². The number of hydrogen-bond acceptors (Lipinski definition) is 8. The van der Waals surface area contributed by atoms with Crippen molar-refractivity contribution in [1.82, 2.24) is 9.97 Å². The van der Waals surface area contributed by atoms with Crippen LogP contribution in [0.15, 0.2) is 34.4 Å². The molecular formula is C15H16F3N7OS. The minimum absolute atomic E-state index is 0.0192. The number of halogens is 3. The van der Waals surface area contributed by atoms with Crippen molar-refractivity contribution in [3.63, 3.8) is 0 Å². The van der Waals surface area contributed by atoms with Crippen LogP contribution in [0.25, 0.3) is 0 Å². The summed E-state index contributed by atoms with van der Waals surface area (Å²) >= 11 is 1.28. The van der Waals surface area contributed by atoms with Gasteiger partial charge in [-0.2, -0.15) is 23.3 Å². The molecule has 0 aliphatic heterocycles.